The molecule has 0 spiro atoms. The molecule has 1 aromatic rings. The second kappa shape index (κ2) is 6.79. The molecule has 1 aromatic heterocycles. The summed E-state index contributed by atoms with van der Waals surface area (Å²) in [5, 5.41) is 11.6. The molecule has 110 valence electrons. The minimum atomic E-state index is 0.0866. The first-order valence-corrected chi connectivity index (χ1v) is 7.45. The lowest BCUT2D eigenvalue weighted by atomic mass is 10.0. The summed E-state index contributed by atoms with van der Waals surface area (Å²) in [6.07, 6.45) is 3.33. The smallest absolute Gasteiger partial charge is 0.255 e. The lowest BCUT2D eigenvalue weighted by Gasteiger charge is -2.33. The molecule has 1 aliphatic heterocycles. The van der Waals surface area contributed by atoms with Crippen LogP contribution in [0.3, 0.4) is 0 Å². The number of aromatic nitrogens is 2. The highest BCUT2D eigenvalue weighted by Crippen LogP contribution is 2.15. The normalized spacial score (nSPS) is 19.1. The maximum Gasteiger partial charge on any atom is 0.255 e. The van der Waals surface area contributed by atoms with Crippen molar-refractivity contribution >= 4 is 5.91 Å². The molecule has 1 saturated heterocycles. The number of hydrogen-bond acceptors (Lipinski definition) is 4. The van der Waals surface area contributed by atoms with Crippen molar-refractivity contribution in [1.82, 2.24) is 20.4 Å². The van der Waals surface area contributed by atoms with Gasteiger partial charge in [0.1, 0.15) is 0 Å². The van der Waals surface area contributed by atoms with Crippen molar-refractivity contribution < 1.29 is 4.79 Å². The molecule has 0 radical (unpaired) electrons. The molecule has 0 bridgehead atoms. The number of carbonyl (C=O) groups excluding carboxylic acids is 1. The lowest BCUT2D eigenvalue weighted by molar-refractivity contribution is 0.0693. The standard InChI is InChI=1S/C15H24N4O/c1-4-7-16-13-6-5-8-19(10-13)15(20)14-9-11(2)17-18-12(14)3/h9,13,16H,4-8,10H2,1-3H3. The van der Waals surface area contributed by atoms with Crippen LogP contribution in [0.4, 0.5) is 0 Å². The van der Waals surface area contributed by atoms with Gasteiger partial charge in [-0.3, -0.25) is 4.79 Å². The number of nitrogens with zero attached hydrogens (tertiary/aromatic N) is 3. The number of piperidine rings is 1. The van der Waals surface area contributed by atoms with Gasteiger partial charge >= 0.3 is 0 Å². The monoisotopic (exact) mass is 276 g/mol. The minimum absolute atomic E-state index is 0.0866. The highest BCUT2D eigenvalue weighted by molar-refractivity contribution is 5.95. The molecule has 1 unspecified atom stereocenters. The Morgan fingerprint density at radius 3 is 3.00 bits per heavy atom. The molecular weight excluding hydrogens is 252 g/mol. The highest BCUT2D eigenvalue weighted by atomic mass is 16.2. The predicted octanol–water partition coefficient (Wildman–Crippen LogP) is 1.70. The van der Waals surface area contributed by atoms with Crippen molar-refractivity contribution in [3.63, 3.8) is 0 Å². The van der Waals surface area contributed by atoms with Gasteiger partial charge in [-0.05, 0) is 45.7 Å². The van der Waals surface area contributed by atoms with E-state index in [2.05, 4.69) is 22.4 Å². The van der Waals surface area contributed by atoms with Crippen molar-refractivity contribution in [3.8, 4) is 0 Å². The third kappa shape index (κ3) is 3.54. The Kier molecular flexibility index (Phi) is 5.06. The third-order valence-electron chi connectivity index (χ3n) is 3.72. The van der Waals surface area contributed by atoms with Gasteiger partial charge in [-0.1, -0.05) is 6.92 Å². The van der Waals surface area contributed by atoms with Gasteiger partial charge in [0.05, 0.1) is 17.0 Å². The summed E-state index contributed by atoms with van der Waals surface area (Å²) in [5.41, 5.74) is 2.19. The van der Waals surface area contributed by atoms with E-state index < -0.39 is 0 Å². The van der Waals surface area contributed by atoms with Gasteiger partial charge < -0.3 is 10.2 Å². The molecule has 1 aliphatic rings. The molecule has 0 aromatic carbocycles. The molecule has 5 nitrogen and oxygen atoms in total. The zero-order valence-corrected chi connectivity index (χ0v) is 12.6. The molecule has 5 heteroatoms. The Bertz CT molecular complexity index is 475. The first kappa shape index (κ1) is 14.9. The molecule has 1 N–H and O–H groups in total. The zero-order chi connectivity index (χ0) is 14.5. The van der Waals surface area contributed by atoms with E-state index in [1.54, 1.807) is 0 Å². The molecule has 2 rings (SSSR count). The van der Waals surface area contributed by atoms with Crippen LogP contribution >= 0.6 is 0 Å². The number of likely N-dealkylation sites (tertiary alicyclic amines) is 1. The van der Waals surface area contributed by atoms with E-state index in [9.17, 15) is 4.79 Å². The summed E-state index contributed by atoms with van der Waals surface area (Å²) >= 11 is 0. The van der Waals surface area contributed by atoms with Gasteiger partial charge in [0.25, 0.3) is 5.91 Å². The maximum absolute atomic E-state index is 12.6. The summed E-state index contributed by atoms with van der Waals surface area (Å²) in [7, 11) is 0. The van der Waals surface area contributed by atoms with Crippen LogP contribution in [0, 0.1) is 13.8 Å². The van der Waals surface area contributed by atoms with Crippen LogP contribution in [-0.2, 0) is 0 Å². The van der Waals surface area contributed by atoms with Crippen molar-refractivity contribution in [3.05, 3.63) is 23.0 Å². The fourth-order valence-corrected chi connectivity index (χ4v) is 2.61. The zero-order valence-electron chi connectivity index (χ0n) is 12.6. The van der Waals surface area contributed by atoms with Crippen molar-refractivity contribution in [2.75, 3.05) is 19.6 Å². The van der Waals surface area contributed by atoms with Crippen molar-refractivity contribution in [2.24, 2.45) is 0 Å². The molecule has 0 saturated carbocycles. The van der Waals surface area contributed by atoms with Gasteiger partial charge in [-0.25, -0.2) is 0 Å². The van der Waals surface area contributed by atoms with Crippen LogP contribution in [0.15, 0.2) is 6.07 Å². The topological polar surface area (TPSA) is 58.1 Å². The van der Waals surface area contributed by atoms with E-state index in [-0.39, 0.29) is 5.91 Å². The summed E-state index contributed by atoms with van der Waals surface area (Å²) in [5.74, 6) is 0.0866. The van der Waals surface area contributed by atoms with E-state index in [1.165, 1.54) is 0 Å². The fourth-order valence-electron chi connectivity index (χ4n) is 2.61. The molecule has 2 heterocycles. The Labute approximate surface area is 120 Å². The van der Waals surface area contributed by atoms with E-state index in [0.717, 1.165) is 44.6 Å². The number of hydrogen-bond donors (Lipinski definition) is 1. The predicted molar refractivity (Wildman–Crippen MR) is 78.7 cm³/mol. The van der Waals surface area contributed by atoms with E-state index in [4.69, 9.17) is 0 Å². The SMILES string of the molecule is CCCNC1CCCN(C(=O)c2cc(C)nnc2C)C1. The van der Waals surface area contributed by atoms with Crippen LogP contribution in [0.2, 0.25) is 0 Å². The summed E-state index contributed by atoms with van der Waals surface area (Å²) in [6, 6.07) is 2.26. The Hall–Kier alpha value is -1.49. The van der Waals surface area contributed by atoms with E-state index in [0.29, 0.717) is 17.3 Å². The quantitative estimate of drug-likeness (QED) is 0.909. The Morgan fingerprint density at radius 2 is 2.25 bits per heavy atom. The molecular formula is C15H24N4O. The van der Waals surface area contributed by atoms with Gasteiger partial charge in [-0.15, -0.1) is 0 Å². The number of rotatable bonds is 4. The molecule has 0 aliphatic carbocycles. The van der Waals surface area contributed by atoms with Crippen LogP contribution in [0.25, 0.3) is 0 Å². The van der Waals surface area contributed by atoms with Gasteiger partial charge in [0.2, 0.25) is 0 Å². The summed E-state index contributed by atoms with van der Waals surface area (Å²) in [6.45, 7) is 8.51. The lowest BCUT2D eigenvalue weighted by Crippen LogP contribution is -2.48. The molecule has 1 fully saturated rings. The Balaban J connectivity index is 2.06. The van der Waals surface area contributed by atoms with Crippen molar-refractivity contribution in [1.29, 1.82) is 0 Å². The second-order valence-corrected chi connectivity index (χ2v) is 5.53. The average molecular weight is 276 g/mol. The van der Waals surface area contributed by atoms with Gasteiger partial charge in [-0.2, -0.15) is 10.2 Å². The summed E-state index contributed by atoms with van der Waals surface area (Å²) < 4.78 is 0. The largest absolute Gasteiger partial charge is 0.337 e. The fraction of sp³-hybridized carbons (Fsp3) is 0.667. The maximum atomic E-state index is 12.6. The number of carbonyl (C=O) groups is 1. The molecule has 1 atom stereocenters. The minimum Gasteiger partial charge on any atom is -0.337 e. The third-order valence-corrected chi connectivity index (χ3v) is 3.72. The van der Waals surface area contributed by atoms with E-state index in [1.807, 2.05) is 24.8 Å². The van der Waals surface area contributed by atoms with Crippen LogP contribution in [-0.4, -0.2) is 46.7 Å². The first-order chi connectivity index (χ1) is 9.61. The van der Waals surface area contributed by atoms with Crippen LogP contribution in [0.5, 0.6) is 0 Å². The number of nitrogens with one attached hydrogen (secondary N) is 1. The number of aryl methyl sites for hydroxylation is 2. The summed E-state index contributed by atoms with van der Waals surface area (Å²) in [4.78, 5) is 14.6. The van der Waals surface area contributed by atoms with Crippen LogP contribution < -0.4 is 5.32 Å². The van der Waals surface area contributed by atoms with Gasteiger partial charge in [0.15, 0.2) is 0 Å². The molecule has 1 amide bonds. The first-order valence-electron chi connectivity index (χ1n) is 7.45. The highest BCUT2D eigenvalue weighted by Gasteiger charge is 2.25. The second-order valence-electron chi connectivity index (χ2n) is 5.53. The Morgan fingerprint density at radius 1 is 1.45 bits per heavy atom. The average Bonchev–Trinajstić information content (AvgIpc) is 2.47. The number of amides is 1. The molecule has 20 heavy (non-hydrogen) atoms. The van der Waals surface area contributed by atoms with Crippen molar-refractivity contribution in [2.45, 2.75) is 46.1 Å². The van der Waals surface area contributed by atoms with E-state index >= 15 is 0 Å². The van der Waals surface area contributed by atoms with Crippen LogP contribution in [0.1, 0.15) is 47.9 Å². The van der Waals surface area contributed by atoms with Gasteiger partial charge in [0, 0.05) is 19.1 Å².